The van der Waals surface area contributed by atoms with Crippen LogP contribution in [0.4, 0.5) is 13.2 Å². The van der Waals surface area contributed by atoms with Crippen LogP contribution in [0.25, 0.3) is 0 Å². The highest BCUT2D eigenvalue weighted by molar-refractivity contribution is 8.13. The fourth-order valence-corrected chi connectivity index (χ4v) is 1.94. The first-order valence-electron chi connectivity index (χ1n) is 4.27. The molecule has 0 N–H and O–H groups in total. The van der Waals surface area contributed by atoms with Gasteiger partial charge < -0.3 is 0 Å². The fraction of sp³-hybridized carbons (Fsp3) is 0.333. The number of aryl methyl sites for hydroxylation is 1. The summed E-state index contributed by atoms with van der Waals surface area (Å²) in [5.74, 6) is -0.512. The second-order valence-electron chi connectivity index (χ2n) is 3.15. The average Bonchev–Trinajstić information content (AvgIpc) is 2.12. The van der Waals surface area contributed by atoms with Crippen molar-refractivity contribution in [1.29, 1.82) is 0 Å². The highest BCUT2D eigenvalue weighted by Gasteiger charge is 2.32. The van der Waals surface area contributed by atoms with E-state index in [9.17, 15) is 21.6 Å². The van der Waals surface area contributed by atoms with Crippen LogP contribution in [0.15, 0.2) is 24.3 Å². The van der Waals surface area contributed by atoms with Crippen LogP contribution in [-0.2, 0) is 21.6 Å². The van der Waals surface area contributed by atoms with E-state index >= 15 is 0 Å². The minimum absolute atomic E-state index is 0.0702. The fourth-order valence-electron chi connectivity index (χ4n) is 1.25. The quantitative estimate of drug-likeness (QED) is 0.793. The van der Waals surface area contributed by atoms with Gasteiger partial charge in [-0.1, -0.05) is 18.2 Å². The van der Waals surface area contributed by atoms with E-state index in [1.807, 2.05) is 0 Å². The Morgan fingerprint density at radius 3 is 2.25 bits per heavy atom. The van der Waals surface area contributed by atoms with Crippen LogP contribution < -0.4 is 0 Å². The van der Waals surface area contributed by atoms with Gasteiger partial charge in [-0.3, -0.25) is 0 Å². The molecule has 0 aliphatic carbocycles. The Balaban J connectivity index is 2.97. The van der Waals surface area contributed by atoms with Crippen molar-refractivity contribution < 1.29 is 21.6 Å². The highest BCUT2D eigenvalue weighted by atomic mass is 35.7. The van der Waals surface area contributed by atoms with Gasteiger partial charge in [0, 0.05) is 10.7 Å². The van der Waals surface area contributed by atoms with Crippen molar-refractivity contribution in [2.45, 2.75) is 12.6 Å². The molecule has 0 radical (unpaired) electrons. The van der Waals surface area contributed by atoms with Gasteiger partial charge in [0.15, 0.2) is 0 Å². The number of benzene rings is 1. The van der Waals surface area contributed by atoms with Gasteiger partial charge in [-0.2, -0.15) is 13.2 Å². The largest absolute Gasteiger partial charge is 0.416 e. The normalized spacial score (nSPS) is 12.8. The predicted octanol–water partition coefficient (Wildman–Crippen LogP) is 2.82. The summed E-state index contributed by atoms with van der Waals surface area (Å²) in [6.45, 7) is 0. The molecular formula is C9H8ClF3O2S. The third-order valence-electron chi connectivity index (χ3n) is 1.94. The molecule has 0 saturated carbocycles. The molecule has 7 heteroatoms. The maximum atomic E-state index is 12.5. The Morgan fingerprint density at radius 2 is 1.75 bits per heavy atom. The minimum Gasteiger partial charge on any atom is -0.212 e. The van der Waals surface area contributed by atoms with Gasteiger partial charge in [0.25, 0.3) is 0 Å². The molecule has 0 aliphatic heterocycles. The summed E-state index contributed by atoms with van der Waals surface area (Å²) >= 11 is 0. The lowest BCUT2D eigenvalue weighted by atomic mass is 10.1. The first-order chi connectivity index (χ1) is 7.20. The lowest BCUT2D eigenvalue weighted by Gasteiger charge is -2.11. The second-order valence-corrected chi connectivity index (χ2v) is 6.04. The standard InChI is InChI=1S/C9H8ClF3O2S/c10-16(14,15)6-5-7-3-1-2-4-8(7)9(11,12)13/h1-4H,5-6H2. The van der Waals surface area contributed by atoms with Gasteiger partial charge in [0.05, 0.1) is 11.3 Å². The molecule has 0 heterocycles. The molecule has 1 rings (SSSR count). The summed E-state index contributed by atoms with van der Waals surface area (Å²) in [6, 6.07) is 4.83. The van der Waals surface area contributed by atoms with Gasteiger partial charge in [-0.25, -0.2) is 8.42 Å². The zero-order valence-electron chi connectivity index (χ0n) is 7.96. The summed E-state index contributed by atoms with van der Waals surface area (Å²) in [4.78, 5) is 0. The Kier molecular flexibility index (Phi) is 3.85. The third-order valence-corrected chi connectivity index (χ3v) is 3.09. The molecular weight excluding hydrogens is 265 g/mol. The highest BCUT2D eigenvalue weighted by Crippen LogP contribution is 2.32. The number of hydrogen-bond acceptors (Lipinski definition) is 2. The monoisotopic (exact) mass is 272 g/mol. The third kappa shape index (κ3) is 4.02. The maximum Gasteiger partial charge on any atom is 0.416 e. The summed E-state index contributed by atoms with van der Waals surface area (Å²) in [6.07, 6.45) is -4.73. The predicted molar refractivity (Wildman–Crippen MR) is 54.8 cm³/mol. The van der Waals surface area contributed by atoms with Gasteiger partial charge in [0.2, 0.25) is 9.05 Å². The molecule has 16 heavy (non-hydrogen) atoms. The second kappa shape index (κ2) is 4.63. The minimum atomic E-state index is -4.48. The van der Waals surface area contributed by atoms with Crippen LogP contribution in [0.5, 0.6) is 0 Å². The van der Waals surface area contributed by atoms with Crippen molar-refractivity contribution in [1.82, 2.24) is 0 Å². The van der Waals surface area contributed by atoms with Crippen LogP contribution in [-0.4, -0.2) is 14.2 Å². The van der Waals surface area contributed by atoms with Crippen LogP contribution >= 0.6 is 10.7 Å². The summed E-state index contributed by atoms with van der Waals surface area (Å²) in [5, 5.41) is 0. The van der Waals surface area contributed by atoms with Crippen molar-refractivity contribution in [2.24, 2.45) is 0 Å². The molecule has 2 nitrogen and oxygen atoms in total. The summed E-state index contributed by atoms with van der Waals surface area (Å²) in [7, 11) is 1.16. The van der Waals surface area contributed by atoms with E-state index in [1.165, 1.54) is 18.2 Å². The first-order valence-corrected chi connectivity index (χ1v) is 6.75. The molecule has 1 aromatic rings. The van der Waals surface area contributed by atoms with Crippen LogP contribution in [0, 0.1) is 0 Å². The molecule has 0 atom stereocenters. The van der Waals surface area contributed by atoms with E-state index in [2.05, 4.69) is 0 Å². The summed E-state index contributed by atoms with van der Waals surface area (Å²) in [5.41, 5.74) is -0.894. The van der Waals surface area contributed by atoms with Crippen LogP contribution in [0.3, 0.4) is 0 Å². The summed E-state index contributed by atoms with van der Waals surface area (Å²) < 4.78 is 58.8. The smallest absolute Gasteiger partial charge is 0.212 e. The Bertz CT molecular complexity index is 468. The lowest BCUT2D eigenvalue weighted by molar-refractivity contribution is -0.138. The van der Waals surface area contributed by atoms with Crippen molar-refractivity contribution in [2.75, 3.05) is 5.75 Å². The van der Waals surface area contributed by atoms with E-state index in [4.69, 9.17) is 10.7 Å². The maximum absolute atomic E-state index is 12.5. The van der Waals surface area contributed by atoms with E-state index in [-0.39, 0.29) is 12.0 Å². The molecule has 0 fully saturated rings. The van der Waals surface area contributed by atoms with Crippen molar-refractivity contribution in [3.05, 3.63) is 35.4 Å². The molecule has 0 saturated heterocycles. The topological polar surface area (TPSA) is 34.1 Å². The zero-order valence-corrected chi connectivity index (χ0v) is 9.53. The van der Waals surface area contributed by atoms with Gasteiger partial charge in [0.1, 0.15) is 0 Å². The Labute approximate surface area is 95.5 Å². The SMILES string of the molecule is O=S(=O)(Cl)CCc1ccccc1C(F)(F)F. The van der Waals surface area contributed by atoms with Gasteiger partial charge in [-0.05, 0) is 18.1 Å². The molecule has 0 aliphatic rings. The number of rotatable bonds is 3. The average molecular weight is 273 g/mol. The van der Waals surface area contributed by atoms with Crippen LogP contribution in [0.2, 0.25) is 0 Å². The van der Waals surface area contributed by atoms with E-state index in [1.54, 1.807) is 0 Å². The molecule has 0 spiro atoms. The Morgan fingerprint density at radius 1 is 1.19 bits per heavy atom. The molecule has 0 amide bonds. The molecule has 0 aromatic heterocycles. The molecule has 90 valence electrons. The number of alkyl halides is 3. The number of hydrogen-bond donors (Lipinski definition) is 0. The van der Waals surface area contributed by atoms with Crippen molar-refractivity contribution >= 4 is 19.7 Å². The first kappa shape index (κ1) is 13.3. The zero-order chi connectivity index (χ0) is 12.4. The molecule has 0 bridgehead atoms. The van der Waals surface area contributed by atoms with E-state index in [0.29, 0.717) is 0 Å². The van der Waals surface area contributed by atoms with Gasteiger partial charge >= 0.3 is 6.18 Å². The lowest BCUT2D eigenvalue weighted by Crippen LogP contribution is -2.11. The Hall–Kier alpha value is -0.750. The van der Waals surface area contributed by atoms with E-state index < -0.39 is 26.5 Å². The number of halogens is 4. The van der Waals surface area contributed by atoms with E-state index in [0.717, 1.165) is 6.07 Å². The van der Waals surface area contributed by atoms with Crippen molar-refractivity contribution in [3.8, 4) is 0 Å². The van der Waals surface area contributed by atoms with Gasteiger partial charge in [-0.15, -0.1) is 0 Å². The van der Waals surface area contributed by atoms with Crippen LogP contribution in [0.1, 0.15) is 11.1 Å². The molecule has 0 unspecified atom stereocenters. The van der Waals surface area contributed by atoms with Crippen molar-refractivity contribution in [3.63, 3.8) is 0 Å². The molecule has 1 aromatic carbocycles.